The van der Waals surface area contributed by atoms with Gasteiger partial charge >= 0.3 is 0 Å². The molecule has 2 rings (SSSR count). The van der Waals surface area contributed by atoms with Crippen LogP contribution in [0.2, 0.25) is 0 Å². The second kappa shape index (κ2) is 4.09. The molecule has 4 heteroatoms. The van der Waals surface area contributed by atoms with Gasteiger partial charge in [0.25, 0.3) is 0 Å². The van der Waals surface area contributed by atoms with E-state index in [9.17, 15) is 4.79 Å². The van der Waals surface area contributed by atoms with Crippen LogP contribution in [0.1, 0.15) is 18.5 Å². The lowest BCUT2D eigenvalue weighted by Gasteiger charge is -2.18. The molecular formula is C11H11N3O. The molecule has 15 heavy (non-hydrogen) atoms. The molecule has 1 saturated heterocycles. The van der Waals surface area contributed by atoms with Crippen LogP contribution in [-0.4, -0.2) is 21.8 Å². The predicted molar refractivity (Wildman–Crippen MR) is 53.4 cm³/mol. The van der Waals surface area contributed by atoms with E-state index < -0.39 is 0 Å². The molecule has 0 N–H and O–H groups in total. The SMILES string of the molecule is N#CC1CCC(=O)N1Cc1ccccn1. The van der Waals surface area contributed by atoms with Crippen LogP contribution < -0.4 is 0 Å². The van der Waals surface area contributed by atoms with Crippen molar-refractivity contribution in [3.8, 4) is 6.07 Å². The van der Waals surface area contributed by atoms with E-state index in [1.54, 1.807) is 11.1 Å². The second-order valence-corrected chi connectivity index (χ2v) is 3.53. The molecule has 0 bridgehead atoms. The summed E-state index contributed by atoms with van der Waals surface area (Å²) >= 11 is 0. The lowest BCUT2D eigenvalue weighted by molar-refractivity contribution is -0.128. The monoisotopic (exact) mass is 201 g/mol. The van der Waals surface area contributed by atoms with Gasteiger partial charge in [0.1, 0.15) is 6.04 Å². The Morgan fingerprint density at radius 2 is 2.47 bits per heavy atom. The van der Waals surface area contributed by atoms with E-state index in [1.165, 1.54) is 0 Å². The van der Waals surface area contributed by atoms with E-state index in [2.05, 4.69) is 11.1 Å². The summed E-state index contributed by atoms with van der Waals surface area (Å²) in [5.41, 5.74) is 0.827. The zero-order valence-electron chi connectivity index (χ0n) is 8.26. The van der Waals surface area contributed by atoms with Crippen LogP contribution in [0.3, 0.4) is 0 Å². The molecule has 2 heterocycles. The van der Waals surface area contributed by atoms with Crippen molar-refractivity contribution in [2.45, 2.75) is 25.4 Å². The number of likely N-dealkylation sites (tertiary alicyclic amines) is 1. The minimum atomic E-state index is -0.278. The number of amides is 1. The molecule has 4 nitrogen and oxygen atoms in total. The minimum Gasteiger partial charge on any atom is -0.321 e. The van der Waals surface area contributed by atoms with Crippen LogP contribution in [0.15, 0.2) is 24.4 Å². The lowest BCUT2D eigenvalue weighted by Crippen LogP contribution is -2.31. The molecule has 0 aliphatic carbocycles. The molecule has 1 unspecified atom stereocenters. The van der Waals surface area contributed by atoms with Gasteiger partial charge in [-0.05, 0) is 18.6 Å². The van der Waals surface area contributed by atoms with Crippen LogP contribution >= 0.6 is 0 Å². The molecule has 1 aromatic heterocycles. The van der Waals surface area contributed by atoms with Crippen LogP contribution in [0.5, 0.6) is 0 Å². The Labute approximate surface area is 88.1 Å². The van der Waals surface area contributed by atoms with E-state index in [1.807, 2.05) is 18.2 Å². The molecule has 1 amide bonds. The number of hydrogen-bond acceptors (Lipinski definition) is 3. The average Bonchev–Trinajstić information content (AvgIpc) is 2.62. The Morgan fingerprint density at radius 1 is 1.60 bits per heavy atom. The summed E-state index contributed by atoms with van der Waals surface area (Å²) in [6.45, 7) is 0.442. The van der Waals surface area contributed by atoms with E-state index in [0.29, 0.717) is 19.4 Å². The fourth-order valence-corrected chi connectivity index (χ4v) is 1.73. The first-order valence-electron chi connectivity index (χ1n) is 4.90. The number of pyridine rings is 1. The van der Waals surface area contributed by atoms with Crippen molar-refractivity contribution in [2.75, 3.05) is 0 Å². The molecule has 0 spiro atoms. The number of rotatable bonds is 2. The Morgan fingerprint density at radius 3 is 3.13 bits per heavy atom. The van der Waals surface area contributed by atoms with Crippen LogP contribution in [0, 0.1) is 11.3 Å². The average molecular weight is 201 g/mol. The van der Waals surface area contributed by atoms with Crippen molar-refractivity contribution in [2.24, 2.45) is 0 Å². The fraction of sp³-hybridized carbons (Fsp3) is 0.364. The third-order valence-electron chi connectivity index (χ3n) is 2.54. The summed E-state index contributed by atoms with van der Waals surface area (Å²) in [6, 6.07) is 7.43. The molecule has 76 valence electrons. The number of carbonyl (C=O) groups excluding carboxylic acids is 1. The largest absolute Gasteiger partial charge is 0.321 e. The number of nitrogens with zero attached hydrogens (tertiary/aromatic N) is 3. The van der Waals surface area contributed by atoms with Crippen LogP contribution in [0.4, 0.5) is 0 Å². The smallest absolute Gasteiger partial charge is 0.224 e. The lowest BCUT2D eigenvalue weighted by atomic mass is 10.2. The number of aromatic nitrogens is 1. The standard InChI is InChI=1S/C11H11N3O/c12-7-10-4-5-11(15)14(10)8-9-3-1-2-6-13-9/h1-3,6,10H,4-5,8H2. The maximum absolute atomic E-state index is 11.5. The summed E-state index contributed by atoms with van der Waals surface area (Å²) in [5.74, 6) is 0.0483. The zero-order chi connectivity index (χ0) is 10.7. The van der Waals surface area contributed by atoms with Crippen molar-refractivity contribution >= 4 is 5.91 Å². The molecular weight excluding hydrogens is 190 g/mol. The Hall–Kier alpha value is -1.89. The summed E-state index contributed by atoms with van der Waals surface area (Å²) in [6.07, 6.45) is 2.81. The van der Waals surface area contributed by atoms with Crippen LogP contribution in [0.25, 0.3) is 0 Å². The molecule has 0 saturated carbocycles. The van der Waals surface area contributed by atoms with Gasteiger partial charge in [0.2, 0.25) is 5.91 Å². The molecule has 1 atom stereocenters. The first kappa shape index (κ1) is 9.66. The van der Waals surface area contributed by atoms with Gasteiger partial charge in [0.05, 0.1) is 18.3 Å². The van der Waals surface area contributed by atoms with E-state index >= 15 is 0 Å². The van der Waals surface area contributed by atoms with E-state index in [-0.39, 0.29) is 11.9 Å². The van der Waals surface area contributed by atoms with Gasteiger partial charge in [-0.1, -0.05) is 6.07 Å². The third-order valence-corrected chi connectivity index (χ3v) is 2.54. The van der Waals surface area contributed by atoms with Gasteiger partial charge in [-0.15, -0.1) is 0 Å². The number of carbonyl (C=O) groups is 1. The highest BCUT2D eigenvalue weighted by molar-refractivity contribution is 5.79. The Kier molecular flexibility index (Phi) is 2.64. The summed E-state index contributed by atoms with van der Waals surface area (Å²) < 4.78 is 0. The van der Waals surface area contributed by atoms with Gasteiger partial charge < -0.3 is 4.90 Å². The topological polar surface area (TPSA) is 57.0 Å². The molecule has 0 radical (unpaired) electrons. The van der Waals surface area contributed by atoms with E-state index in [4.69, 9.17) is 5.26 Å². The minimum absolute atomic E-state index is 0.0483. The van der Waals surface area contributed by atoms with E-state index in [0.717, 1.165) is 5.69 Å². The first-order valence-corrected chi connectivity index (χ1v) is 4.90. The number of hydrogen-bond donors (Lipinski definition) is 0. The molecule has 1 fully saturated rings. The van der Waals surface area contributed by atoms with Gasteiger partial charge in [-0.3, -0.25) is 9.78 Å². The summed E-state index contributed by atoms with van der Waals surface area (Å²) in [4.78, 5) is 17.2. The van der Waals surface area contributed by atoms with Crippen molar-refractivity contribution < 1.29 is 4.79 Å². The molecule has 1 aromatic rings. The normalized spacial score (nSPS) is 20.3. The second-order valence-electron chi connectivity index (χ2n) is 3.53. The highest BCUT2D eigenvalue weighted by Crippen LogP contribution is 2.19. The Balaban J connectivity index is 2.11. The highest BCUT2D eigenvalue weighted by Gasteiger charge is 2.30. The summed E-state index contributed by atoms with van der Waals surface area (Å²) in [5, 5.41) is 8.87. The quantitative estimate of drug-likeness (QED) is 0.719. The predicted octanol–water partition coefficient (Wildman–Crippen LogP) is 1.10. The van der Waals surface area contributed by atoms with Gasteiger partial charge in [-0.2, -0.15) is 5.26 Å². The van der Waals surface area contributed by atoms with Crippen LogP contribution in [-0.2, 0) is 11.3 Å². The number of nitriles is 1. The maximum Gasteiger partial charge on any atom is 0.224 e. The van der Waals surface area contributed by atoms with Gasteiger partial charge in [0.15, 0.2) is 0 Å². The van der Waals surface area contributed by atoms with Crippen molar-refractivity contribution in [3.63, 3.8) is 0 Å². The van der Waals surface area contributed by atoms with Gasteiger partial charge in [-0.25, -0.2) is 0 Å². The maximum atomic E-state index is 11.5. The first-order chi connectivity index (χ1) is 7.31. The van der Waals surface area contributed by atoms with Crippen molar-refractivity contribution in [1.29, 1.82) is 5.26 Å². The third kappa shape index (κ3) is 1.96. The van der Waals surface area contributed by atoms with Gasteiger partial charge in [0, 0.05) is 12.6 Å². The Bertz CT molecular complexity index is 396. The molecule has 1 aliphatic heterocycles. The van der Waals surface area contributed by atoms with Crippen molar-refractivity contribution in [3.05, 3.63) is 30.1 Å². The summed E-state index contributed by atoms with van der Waals surface area (Å²) in [7, 11) is 0. The zero-order valence-corrected chi connectivity index (χ0v) is 8.26. The van der Waals surface area contributed by atoms with Crippen molar-refractivity contribution in [1.82, 2.24) is 9.88 Å². The molecule has 0 aromatic carbocycles. The highest BCUT2D eigenvalue weighted by atomic mass is 16.2. The molecule has 1 aliphatic rings. The fourth-order valence-electron chi connectivity index (χ4n) is 1.73.